The lowest BCUT2D eigenvalue weighted by molar-refractivity contribution is 0.0167. The molecule has 0 bridgehead atoms. The average Bonchev–Trinajstić information content (AvgIpc) is 2.06. The van der Waals surface area contributed by atoms with Gasteiger partial charge in [-0.3, -0.25) is 0 Å². The molecule has 0 unspecified atom stereocenters. The Morgan fingerprint density at radius 3 is 2.71 bits per heavy atom. The summed E-state index contributed by atoms with van der Waals surface area (Å²) < 4.78 is 24.8. The Hall–Kier alpha value is -0.900. The van der Waals surface area contributed by atoms with Crippen molar-refractivity contribution >= 4 is 17.4 Å². The van der Waals surface area contributed by atoms with Gasteiger partial charge in [-0.05, 0) is 19.1 Å². The van der Waals surface area contributed by atoms with Crippen molar-refractivity contribution in [1.82, 2.24) is 4.98 Å². The second kappa shape index (κ2) is 4.55. The van der Waals surface area contributed by atoms with Crippen LogP contribution < -0.4 is 5.32 Å². The summed E-state index contributed by atoms with van der Waals surface area (Å²) in [5.41, 5.74) is 0. The molecular formula is C9H11ClF2N2. The maximum Gasteiger partial charge on any atom is 0.247 e. The first kappa shape index (κ1) is 11.2. The summed E-state index contributed by atoms with van der Waals surface area (Å²) in [7, 11) is 0. The van der Waals surface area contributed by atoms with E-state index in [4.69, 9.17) is 11.6 Å². The van der Waals surface area contributed by atoms with Crippen LogP contribution in [0, 0.1) is 0 Å². The van der Waals surface area contributed by atoms with Crippen LogP contribution in [0.1, 0.15) is 13.3 Å². The van der Waals surface area contributed by atoms with Gasteiger partial charge in [0, 0.05) is 19.2 Å². The summed E-state index contributed by atoms with van der Waals surface area (Å²) in [6.07, 6.45) is 1.26. The summed E-state index contributed by atoms with van der Waals surface area (Å²) in [5, 5.41) is 3.30. The maximum atomic E-state index is 12.4. The Labute approximate surface area is 86.3 Å². The summed E-state index contributed by atoms with van der Waals surface area (Å²) in [6.45, 7) is 1.09. The van der Waals surface area contributed by atoms with Gasteiger partial charge in [-0.25, -0.2) is 13.8 Å². The van der Waals surface area contributed by atoms with E-state index in [1.165, 1.54) is 6.20 Å². The zero-order chi connectivity index (χ0) is 10.6. The molecule has 0 atom stereocenters. The minimum absolute atomic E-state index is 0.193. The number of hydrogen-bond donors (Lipinski definition) is 1. The van der Waals surface area contributed by atoms with Crippen molar-refractivity contribution in [3.63, 3.8) is 0 Å². The molecule has 0 aliphatic rings. The minimum Gasteiger partial charge on any atom is -0.370 e. The first-order valence-electron chi connectivity index (χ1n) is 4.21. The molecular weight excluding hydrogens is 210 g/mol. The van der Waals surface area contributed by atoms with E-state index in [0.29, 0.717) is 10.8 Å². The summed E-state index contributed by atoms with van der Waals surface area (Å²) >= 11 is 5.61. The lowest BCUT2D eigenvalue weighted by atomic mass is 10.3. The van der Waals surface area contributed by atoms with E-state index in [1.807, 2.05) is 0 Å². The quantitative estimate of drug-likeness (QED) is 0.843. The van der Waals surface area contributed by atoms with E-state index in [2.05, 4.69) is 10.3 Å². The van der Waals surface area contributed by atoms with E-state index in [0.717, 1.165) is 6.92 Å². The van der Waals surface area contributed by atoms with E-state index in [-0.39, 0.29) is 13.0 Å². The van der Waals surface area contributed by atoms with Gasteiger partial charge in [-0.2, -0.15) is 0 Å². The van der Waals surface area contributed by atoms with Crippen LogP contribution >= 0.6 is 11.6 Å². The van der Waals surface area contributed by atoms with Gasteiger partial charge in [0.1, 0.15) is 5.82 Å². The zero-order valence-electron chi connectivity index (χ0n) is 7.73. The molecule has 1 N–H and O–H groups in total. The van der Waals surface area contributed by atoms with Gasteiger partial charge >= 0.3 is 0 Å². The molecule has 78 valence electrons. The van der Waals surface area contributed by atoms with Gasteiger partial charge < -0.3 is 5.32 Å². The predicted octanol–water partition coefficient (Wildman–Crippen LogP) is 3.19. The lowest BCUT2D eigenvalue weighted by Gasteiger charge is -2.10. The first-order chi connectivity index (χ1) is 6.47. The Balaban J connectivity index is 2.35. The minimum atomic E-state index is -2.64. The molecule has 1 heterocycles. The van der Waals surface area contributed by atoms with E-state index >= 15 is 0 Å². The number of alkyl halides is 2. The fourth-order valence-corrected chi connectivity index (χ4v) is 1.00. The molecule has 2 nitrogen and oxygen atoms in total. The molecule has 0 spiro atoms. The molecule has 0 radical (unpaired) electrons. The van der Waals surface area contributed by atoms with Crippen molar-refractivity contribution < 1.29 is 8.78 Å². The van der Waals surface area contributed by atoms with E-state index in [9.17, 15) is 8.78 Å². The molecule has 1 rings (SSSR count). The molecule has 0 fully saturated rings. The standard InChI is InChI=1S/C9H11ClF2N2/c1-9(11,12)4-5-13-8-3-2-7(10)6-14-8/h2-3,6H,4-5H2,1H3,(H,13,14). The number of nitrogens with one attached hydrogen (secondary N) is 1. The second-order valence-electron chi connectivity index (χ2n) is 3.11. The normalized spacial score (nSPS) is 11.4. The number of nitrogens with zero attached hydrogens (tertiary/aromatic N) is 1. The predicted molar refractivity (Wildman–Crippen MR) is 53.0 cm³/mol. The zero-order valence-corrected chi connectivity index (χ0v) is 8.48. The fraction of sp³-hybridized carbons (Fsp3) is 0.444. The Morgan fingerprint density at radius 1 is 1.50 bits per heavy atom. The number of hydrogen-bond acceptors (Lipinski definition) is 2. The molecule has 0 aliphatic carbocycles. The molecule has 14 heavy (non-hydrogen) atoms. The Morgan fingerprint density at radius 2 is 2.21 bits per heavy atom. The highest BCUT2D eigenvalue weighted by Crippen LogP contribution is 2.16. The topological polar surface area (TPSA) is 24.9 Å². The van der Waals surface area contributed by atoms with Crippen LogP contribution in [0.15, 0.2) is 18.3 Å². The number of halogens is 3. The highest BCUT2D eigenvalue weighted by molar-refractivity contribution is 6.30. The molecule has 0 aromatic carbocycles. The van der Waals surface area contributed by atoms with Gasteiger partial charge in [0.15, 0.2) is 0 Å². The average molecular weight is 221 g/mol. The van der Waals surface area contributed by atoms with Crippen LogP contribution in [0.2, 0.25) is 5.02 Å². The number of aromatic nitrogens is 1. The fourth-order valence-electron chi connectivity index (χ4n) is 0.890. The van der Waals surface area contributed by atoms with Crippen LogP contribution in [-0.4, -0.2) is 17.5 Å². The third kappa shape index (κ3) is 4.37. The van der Waals surface area contributed by atoms with Crippen LogP contribution in [0.25, 0.3) is 0 Å². The largest absolute Gasteiger partial charge is 0.370 e. The highest BCUT2D eigenvalue weighted by Gasteiger charge is 2.19. The van der Waals surface area contributed by atoms with Gasteiger partial charge in [0.25, 0.3) is 0 Å². The van der Waals surface area contributed by atoms with Crippen LogP contribution in [0.5, 0.6) is 0 Å². The first-order valence-corrected chi connectivity index (χ1v) is 4.58. The molecule has 1 aromatic heterocycles. The smallest absolute Gasteiger partial charge is 0.247 e. The monoisotopic (exact) mass is 220 g/mol. The van der Waals surface area contributed by atoms with Crippen molar-refractivity contribution in [1.29, 1.82) is 0 Å². The van der Waals surface area contributed by atoms with Crippen LogP contribution in [0.3, 0.4) is 0 Å². The van der Waals surface area contributed by atoms with Gasteiger partial charge in [-0.15, -0.1) is 0 Å². The van der Waals surface area contributed by atoms with Crippen LogP contribution in [0.4, 0.5) is 14.6 Å². The third-order valence-electron chi connectivity index (χ3n) is 1.60. The number of rotatable bonds is 4. The SMILES string of the molecule is CC(F)(F)CCNc1ccc(Cl)cn1. The third-order valence-corrected chi connectivity index (χ3v) is 1.82. The summed E-state index contributed by atoms with van der Waals surface area (Å²) in [5.74, 6) is -2.09. The van der Waals surface area contributed by atoms with E-state index in [1.54, 1.807) is 12.1 Å². The van der Waals surface area contributed by atoms with Gasteiger partial charge in [0.05, 0.1) is 5.02 Å². The van der Waals surface area contributed by atoms with Gasteiger partial charge in [0.2, 0.25) is 5.92 Å². The molecule has 1 aromatic rings. The Bertz CT molecular complexity index is 282. The van der Waals surface area contributed by atoms with Crippen molar-refractivity contribution in [3.8, 4) is 0 Å². The number of pyridine rings is 1. The van der Waals surface area contributed by atoms with Crippen molar-refractivity contribution in [3.05, 3.63) is 23.4 Å². The van der Waals surface area contributed by atoms with Crippen LogP contribution in [-0.2, 0) is 0 Å². The molecule has 0 amide bonds. The van der Waals surface area contributed by atoms with Crippen molar-refractivity contribution in [2.45, 2.75) is 19.3 Å². The number of anilines is 1. The molecule has 0 saturated heterocycles. The van der Waals surface area contributed by atoms with E-state index < -0.39 is 5.92 Å². The van der Waals surface area contributed by atoms with Crippen molar-refractivity contribution in [2.24, 2.45) is 0 Å². The van der Waals surface area contributed by atoms with Crippen molar-refractivity contribution in [2.75, 3.05) is 11.9 Å². The summed E-state index contributed by atoms with van der Waals surface area (Å²) in [6, 6.07) is 3.30. The molecule has 0 aliphatic heterocycles. The molecule has 5 heteroatoms. The maximum absolute atomic E-state index is 12.4. The van der Waals surface area contributed by atoms with Gasteiger partial charge in [-0.1, -0.05) is 11.6 Å². The second-order valence-corrected chi connectivity index (χ2v) is 3.55. The Kier molecular flexibility index (Phi) is 3.63. The highest BCUT2D eigenvalue weighted by atomic mass is 35.5. The lowest BCUT2D eigenvalue weighted by Crippen LogP contribution is -2.16. The summed E-state index contributed by atoms with van der Waals surface area (Å²) in [4.78, 5) is 3.91. The molecule has 0 saturated carbocycles.